The van der Waals surface area contributed by atoms with E-state index in [1.54, 1.807) is 0 Å². The van der Waals surface area contributed by atoms with Crippen LogP contribution < -0.4 is 5.32 Å². The molecule has 1 amide bonds. The molecule has 2 heterocycles. The van der Waals surface area contributed by atoms with Crippen molar-refractivity contribution in [1.29, 1.82) is 0 Å². The summed E-state index contributed by atoms with van der Waals surface area (Å²) < 4.78 is 0. The first-order chi connectivity index (χ1) is 8.90. The van der Waals surface area contributed by atoms with Crippen molar-refractivity contribution in [2.75, 3.05) is 5.32 Å². The summed E-state index contributed by atoms with van der Waals surface area (Å²) in [4.78, 5) is 20.0. The Kier molecular flexibility index (Phi) is 3.68. The van der Waals surface area contributed by atoms with Crippen LogP contribution in [0.1, 0.15) is 30.5 Å². The van der Waals surface area contributed by atoms with Gasteiger partial charge in [-0.1, -0.05) is 25.2 Å². The van der Waals surface area contributed by atoms with Crippen LogP contribution in [0.15, 0.2) is 6.20 Å². The molecule has 1 unspecified atom stereocenters. The minimum absolute atomic E-state index is 0.0537. The number of pyridine rings is 1. The standard InChI is InChI=1S/C12H15N3O3S/c1-5(2)10(16)8-7(15-12(17)18)4-13-11-9(8)14-6(3)19-11/h4-5,10,15-16H,1-3H3,(H,17,18). The molecular formula is C12H15N3O3S. The highest BCUT2D eigenvalue weighted by atomic mass is 32.1. The van der Waals surface area contributed by atoms with Gasteiger partial charge in [0.1, 0.15) is 10.3 Å². The Balaban J connectivity index is 2.66. The predicted octanol–water partition coefficient (Wildman–Crippen LogP) is 2.78. The molecule has 0 saturated heterocycles. The molecule has 0 fully saturated rings. The van der Waals surface area contributed by atoms with Crippen molar-refractivity contribution < 1.29 is 15.0 Å². The minimum Gasteiger partial charge on any atom is -0.465 e. The van der Waals surface area contributed by atoms with Crippen molar-refractivity contribution in [2.24, 2.45) is 5.92 Å². The number of aliphatic hydroxyl groups excluding tert-OH is 1. The number of thiazole rings is 1. The zero-order valence-electron chi connectivity index (χ0n) is 10.8. The number of amides is 1. The average molecular weight is 281 g/mol. The number of carboxylic acid groups (broad SMARTS) is 1. The monoisotopic (exact) mass is 281 g/mol. The first-order valence-corrected chi connectivity index (χ1v) is 6.66. The first kappa shape index (κ1) is 13.7. The number of fused-ring (bicyclic) bond motifs is 1. The summed E-state index contributed by atoms with van der Waals surface area (Å²) in [5.74, 6) is -0.0537. The molecule has 0 aliphatic rings. The molecule has 6 nitrogen and oxygen atoms in total. The number of rotatable bonds is 3. The fraction of sp³-hybridized carbons (Fsp3) is 0.417. The maximum Gasteiger partial charge on any atom is 0.409 e. The topological polar surface area (TPSA) is 95.3 Å². The molecule has 2 rings (SSSR count). The Labute approximate surface area is 114 Å². The third-order valence-corrected chi connectivity index (χ3v) is 3.62. The summed E-state index contributed by atoms with van der Waals surface area (Å²) in [7, 11) is 0. The quantitative estimate of drug-likeness (QED) is 0.804. The normalized spacial score (nSPS) is 12.9. The molecule has 0 radical (unpaired) electrons. The Bertz CT molecular complexity index is 624. The van der Waals surface area contributed by atoms with E-state index >= 15 is 0 Å². The molecule has 0 aromatic carbocycles. The fourth-order valence-electron chi connectivity index (χ4n) is 1.85. The lowest BCUT2D eigenvalue weighted by molar-refractivity contribution is 0.128. The number of anilines is 1. The molecule has 0 saturated carbocycles. The lowest BCUT2D eigenvalue weighted by Gasteiger charge is -2.18. The van der Waals surface area contributed by atoms with E-state index in [1.807, 2.05) is 20.8 Å². The second kappa shape index (κ2) is 5.10. The van der Waals surface area contributed by atoms with E-state index in [1.165, 1.54) is 17.5 Å². The summed E-state index contributed by atoms with van der Waals surface area (Å²) >= 11 is 1.41. The molecule has 7 heteroatoms. The fourth-order valence-corrected chi connectivity index (χ4v) is 2.62. The third-order valence-electron chi connectivity index (χ3n) is 2.74. The zero-order valence-corrected chi connectivity index (χ0v) is 11.7. The lowest BCUT2D eigenvalue weighted by atomic mass is 9.98. The largest absolute Gasteiger partial charge is 0.465 e. The van der Waals surface area contributed by atoms with Gasteiger partial charge in [0.25, 0.3) is 0 Å². The molecule has 102 valence electrons. The van der Waals surface area contributed by atoms with Crippen LogP contribution in [0.5, 0.6) is 0 Å². The Hall–Kier alpha value is -1.73. The average Bonchev–Trinajstić information content (AvgIpc) is 2.67. The summed E-state index contributed by atoms with van der Waals surface area (Å²) in [6.07, 6.45) is -0.561. The van der Waals surface area contributed by atoms with Crippen molar-refractivity contribution in [3.05, 3.63) is 16.8 Å². The van der Waals surface area contributed by atoms with E-state index in [0.717, 1.165) is 5.01 Å². The zero-order chi connectivity index (χ0) is 14.2. The molecule has 0 spiro atoms. The van der Waals surface area contributed by atoms with Crippen LogP contribution in [0.4, 0.5) is 10.5 Å². The van der Waals surface area contributed by atoms with Crippen molar-refractivity contribution >= 4 is 33.5 Å². The smallest absolute Gasteiger partial charge is 0.409 e. The second-order valence-corrected chi connectivity index (χ2v) is 5.77. The Morgan fingerprint density at radius 1 is 1.47 bits per heavy atom. The molecule has 0 bridgehead atoms. The van der Waals surface area contributed by atoms with Gasteiger partial charge in [-0.15, -0.1) is 0 Å². The van der Waals surface area contributed by atoms with Crippen molar-refractivity contribution in [3.63, 3.8) is 0 Å². The number of nitrogens with one attached hydrogen (secondary N) is 1. The molecular weight excluding hydrogens is 266 g/mol. The van der Waals surface area contributed by atoms with E-state index in [-0.39, 0.29) is 11.6 Å². The molecule has 1 atom stereocenters. The molecule has 19 heavy (non-hydrogen) atoms. The van der Waals surface area contributed by atoms with E-state index in [4.69, 9.17) is 5.11 Å². The maximum absolute atomic E-state index is 10.8. The van der Waals surface area contributed by atoms with Crippen molar-refractivity contribution in [1.82, 2.24) is 9.97 Å². The molecule has 0 aliphatic heterocycles. The Morgan fingerprint density at radius 2 is 2.16 bits per heavy atom. The number of carbonyl (C=O) groups is 1. The van der Waals surface area contributed by atoms with Crippen LogP contribution in [-0.2, 0) is 0 Å². The highest BCUT2D eigenvalue weighted by molar-refractivity contribution is 7.18. The van der Waals surface area contributed by atoms with Crippen molar-refractivity contribution in [2.45, 2.75) is 26.9 Å². The predicted molar refractivity (Wildman–Crippen MR) is 73.6 cm³/mol. The third kappa shape index (κ3) is 2.66. The summed E-state index contributed by atoms with van der Waals surface area (Å²) in [6.45, 7) is 5.57. The number of hydrogen-bond donors (Lipinski definition) is 3. The number of hydrogen-bond acceptors (Lipinski definition) is 5. The summed E-state index contributed by atoms with van der Waals surface area (Å²) in [5.41, 5.74) is 1.34. The molecule has 3 N–H and O–H groups in total. The van der Waals surface area contributed by atoms with Gasteiger partial charge in [-0.25, -0.2) is 14.8 Å². The van der Waals surface area contributed by atoms with Gasteiger partial charge in [0.2, 0.25) is 0 Å². The highest BCUT2D eigenvalue weighted by Crippen LogP contribution is 2.35. The number of aliphatic hydroxyl groups is 1. The van der Waals surface area contributed by atoms with E-state index in [9.17, 15) is 9.90 Å². The van der Waals surface area contributed by atoms with Crippen LogP contribution in [0.3, 0.4) is 0 Å². The highest BCUT2D eigenvalue weighted by Gasteiger charge is 2.23. The molecule has 2 aromatic heterocycles. The SMILES string of the molecule is Cc1nc2c(C(O)C(C)C)c(NC(=O)O)cnc2s1. The first-order valence-electron chi connectivity index (χ1n) is 5.84. The maximum atomic E-state index is 10.8. The summed E-state index contributed by atoms with van der Waals surface area (Å²) in [5, 5.41) is 22.2. The van der Waals surface area contributed by atoms with Gasteiger partial charge in [-0.05, 0) is 12.8 Å². The van der Waals surface area contributed by atoms with Crippen LogP contribution in [0, 0.1) is 12.8 Å². The van der Waals surface area contributed by atoms with Crippen LogP contribution in [0.25, 0.3) is 10.3 Å². The lowest BCUT2D eigenvalue weighted by Crippen LogP contribution is -2.14. The van der Waals surface area contributed by atoms with E-state index < -0.39 is 12.2 Å². The van der Waals surface area contributed by atoms with Gasteiger partial charge in [0.15, 0.2) is 0 Å². The van der Waals surface area contributed by atoms with Gasteiger partial charge in [-0.2, -0.15) is 0 Å². The van der Waals surface area contributed by atoms with E-state index in [0.29, 0.717) is 15.9 Å². The van der Waals surface area contributed by atoms with Crippen molar-refractivity contribution in [3.8, 4) is 0 Å². The number of aryl methyl sites for hydroxylation is 1. The van der Waals surface area contributed by atoms with Crippen LogP contribution >= 0.6 is 11.3 Å². The Morgan fingerprint density at radius 3 is 2.74 bits per heavy atom. The van der Waals surface area contributed by atoms with Gasteiger partial charge in [0, 0.05) is 5.56 Å². The summed E-state index contributed by atoms with van der Waals surface area (Å²) in [6, 6.07) is 0. The minimum atomic E-state index is -1.19. The van der Waals surface area contributed by atoms with Gasteiger partial charge >= 0.3 is 6.09 Å². The number of nitrogens with zero attached hydrogens (tertiary/aromatic N) is 2. The van der Waals surface area contributed by atoms with Crippen LogP contribution in [-0.4, -0.2) is 26.3 Å². The van der Waals surface area contributed by atoms with E-state index in [2.05, 4.69) is 15.3 Å². The van der Waals surface area contributed by atoms with Gasteiger partial charge < -0.3 is 10.2 Å². The molecule has 2 aromatic rings. The molecule has 0 aliphatic carbocycles. The second-order valence-electron chi connectivity index (χ2n) is 4.59. The van der Waals surface area contributed by atoms with Crippen LogP contribution in [0.2, 0.25) is 0 Å². The van der Waals surface area contributed by atoms with Gasteiger partial charge in [0.05, 0.1) is 23.0 Å². The van der Waals surface area contributed by atoms with Gasteiger partial charge in [-0.3, -0.25) is 5.32 Å². The number of aromatic nitrogens is 2.